The molecule has 0 saturated heterocycles. The van der Waals surface area contributed by atoms with E-state index in [1.165, 1.54) is 18.1 Å². The molecule has 0 spiro atoms. The summed E-state index contributed by atoms with van der Waals surface area (Å²) >= 11 is 0. The molecule has 1 aromatic heterocycles. The molecule has 20 heavy (non-hydrogen) atoms. The highest BCUT2D eigenvalue weighted by Gasteiger charge is 2.03. The van der Waals surface area contributed by atoms with Gasteiger partial charge in [-0.3, -0.25) is 9.78 Å². The van der Waals surface area contributed by atoms with Crippen LogP contribution in [0.25, 0.3) is 0 Å². The van der Waals surface area contributed by atoms with Crippen LogP contribution >= 0.6 is 0 Å². The maximum atomic E-state index is 11.2. The number of aryl methyl sites for hydroxylation is 1. The van der Waals surface area contributed by atoms with Crippen molar-refractivity contribution in [2.24, 2.45) is 0 Å². The Morgan fingerprint density at radius 3 is 2.65 bits per heavy atom. The molecule has 2 rings (SSSR count). The molecule has 0 aliphatic rings. The van der Waals surface area contributed by atoms with Crippen molar-refractivity contribution in [2.45, 2.75) is 26.9 Å². The first kappa shape index (κ1) is 14.2. The molecule has 104 valence electrons. The van der Waals surface area contributed by atoms with Crippen molar-refractivity contribution in [3.63, 3.8) is 0 Å². The van der Waals surface area contributed by atoms with Gasteiger partial charge in [0.15, 0.2) is 0 Å². The number of nitrogens with zero attached hydrogens (tertiary/aromatic N) is 1. The van der Waals surface area contributed by atoms with Gasteiger partial charge in [-0.25, -0.2) is 0 Å². The van der Waals surface area contributed by atoms with Crippen LogP contribution in [0.3, 0.4) is 0 Å². The third-order valence-corrected chi connectivity index (χ3v) is 3.10. The molecule has 0 aliphatic heterocycles. The third kappa shape index (κ3) is 3.90. The van der Waals surface area contributed by atoms with Crippen molar-refractivity contribution < 1.29 is 4.79 Å². The number of anilines is 1. The fourth-order valence-corrected chi connectivity index (χ4v) is 2.02. The molecule has 0 bridgehead atoms. The molecular formula is C16H19N3O. The van der Waals surface area contributed by atoms with Gasteiger partial charge in [0.2, 0.25) is 5.91 Å². The Balaban J connectivity index is 1.97. The maximum Gasteiger partial charge on any atom is 0.221 e. The summed E-state index contributed by atoms with van der Waals surface area (Å²) < 4.78 is 0. The standard InChI is InChI=1S/C16H19N3O/c1-12-9-17-8-7-14(12)10-18-11-15-5-3-4-6-16(15)19-13(2)20/h3-9,18H,10-11H2,1-2H3,(H,19,20). The molecule has 4 nitrogen and oxygen atoms in total. The minimum Gasteiger partial charge on any atom is -0.326 e. The number of nitrogens with one attached hydrogen (secondary N) is 2. The lowest BCUT2D eigenvalue weighted by molar-refractivity contribution is -0.114. The largest absolute Gasteiger partial charge is 0.326 e. The van der Waals surface area contributed by atoms with Crippen LogP contribution < -0.4 is 10.6 Å². The van der Waals surface area contributed by atoms with Gasteiger partial charge < -0.3 is 10.6 Å². The van der Waals surface area contributed by atoms with Crippen LogP contribution in [-0.2, 0) is 17.9 Å². The fourth-order valence-electron chi connectivity index (χ4n) is 2.02. The second-order valence-electron chi connectivity index (χ2n) is 4.74. The van der Waals surface area contributed by atoms with Crippen LogP contribution in [0.2, 0.25) is 0 Å². The molecule has 1 amide bonds. The summed E-state index contributed by atoms with van der Waals surface area (Å²) in [5, 5.41) is 6.24. The van der Waals surface area contributed by atoms with Crippen LogP contribution in [0.1, 0.15) is 23.6 Å². The molecule has 1 aromatic carbocycles. The molecule has 0 radical (unpaired) electrons. The van der Waals surface area contributed by atoms with E-state index < -0.39 is 0 Å². The summed E-state index contributed by atoms with van der Waals surface area (Å²) in [6.07, 6.45) is 3.66. The highest BCUT2D eigenvalue weighted by Crippen LogP contribution is 2.15. The van der Waals surface area contributed by atoms with E-state index in [2.05, 4.69) is 22.5 Å². The first-order chi connectivity index (χ1) is 9.66. The van der Waals surface area contributed by atoms with Crippen molar-refractivity contribution in [1.82, 2.24) is 10.3 Å². The minimum absolute atomic E-state index is 0.0533. The Morgan fingerprint density at radius 2 is 1.90 bits per heavy atom. The number of hydrogen-bond donors (Lipinski definition) is 2. The van der Waals surface area contributed by atoms with Gasteiger partial charge in [0.25, 0.3) is 0 Å². The third-order valence-electron chi connectivity index (χ3n) is 3.10. The molecule has 0 fully saturated rings. The number of benzene rings is 1. The smallest absolute Gasteiger partial charge is 0.221 e. The van der Waals surface area contributed by atoms with E-state index in [0.717, 1.165) is 17.8 Å². The topological polar surface area (TPSA) is 54.0 Å². The van der Waals surface area contributed by atoms with Crippen molar-refractivity contribution in [3.8, 4) is 0 Å². The Hall–Kier alpha value is -2.20. The highest BCUT2D eigenvalue weighted by atomic mass is 16.1. The molecule has 4 heteroatoms. The van der Waals surface area contributed by atoms with E-state index in [-0.39, 0.29) is 5.91 Å². The zero-order valence-electron chi connectivity index (χ0n) is 11.8. The molecule has 2 aromatic rings. The van der Waals surface area contributed by atoms with E-state index in [4.69, 9.17) is 0 Å². The van der Waals surface area contributed by atoms with Gasteiger partial charge in [0, 0.05) is 38.1 Å². The zero-order chi connectivity index (χ0) is 14.4. The van der Waals surface area contributed by atoms with E-state index in [9.17, 15) is 4.79 Å². The summed E-state index contributed by atoms with van der Waals surface area (Å²) in [6, 6.07) is 9.83. The normalized spacial score (nSPS) is 10.3. The second kappa shape index (κ2) is 6.82. The van der Waals surface area contributed by atoms with Crippen molar-refractivity contribution in [1.29, 1.82) is 0 Å². The number of rotatable bonds is 5. The van der Waals surface area contributed by atoms with E-state index in [1.807, 2.05) is 36.5 Å². The summed E-state index contributed by atoms with van der Waals surface area (Å²) in [7, 11) is 0. The fraction of sp³-hybridized carbons (Fsp3) is 0.250. The van der Waals surface area contributed by atoms with Gasteiger partial charge in [-0.05, 0) is 35.7 Å². The number of aromatic nitrogens is 1. The molecular weight excluding hydrogens is 250 g/mol. The van der Waals surface area contributed by atoms with Crippen molar-refractivity contribution >= 4 is 11.6 Å². The molecule has 2 N–H and O–H groups in total. The lowest BCUT2D eigenvalue weighted by Crippen LogP contribution is -2.16. The van der Waals surface area contributed by atoms with E-state index >= 15 is 0 Å². The number of pyridine rings is 1. The average molecular weight is 269 g/mol. The number of amides is 1. The number of para-hydroxylation sites is 1. The Bertz CT molecular complexity index is 596. The number of hydrogen-bond acceptors (Lipinski definition) is 3. The van der Waals surface area contributed by atoms with Crippen molar-refractivity contribution in [3.05, 3.63) is 59.4 Å². The molecule has 1 heterocycles. The van der Waals surface area contributed by atoms with Crippen LogP contribution in [0, 0.1) is 6.92 Å². The Labute approximate surface area is 119 Å². The van der Waals surface area contributed by atoms with Crippen LogP contribution in [0.5, 0.6) is 0 Å². The molecule has 0 aliphatic carbocycles. The summed E-state index contributed by atoms with van der Waals surface area (Å²) in [5.41, 5.74) is 4.35. The lowest BCUT2D eigenvalue weighted by atomic mass is 10.1. The van der Waals surface area contributed by atoms with Gasteiger partial charge >= 0.3 is 0 Å². The predicted molar refractivity (Wildman–Crippen MR) is 80.3 cm³/mol. The van der Waals surface area contributed by atoms with Gasteiger partial charge in [-0.2, -0.15) is 0 Å². The predicted octanol–water partition coefficient (Wildman–Crippen LogP) is 2.64. The summed E-state index contributed by atoms with van der Waals surface area (Å²) in [5.74, 6) is -0.0533. The van der Waals surface area contributed by atoms with E-state index in [1.54, 1.807) is 6.20 Å². The van der Waals surface area contributed by atoms with Crippen LogP contribution in [0.4, 0.5) is 5.69 Å². The van der Waals surface area contributed by atoms with Crippen LogP contribution in [-0.4, -0.2) is 10.9 Å². The highest BCUT2D eigenvalue weighted by molar-refractivity contribution is 5.89. The lowest BCUT2D eigenvalue weighted by Gasteiger charge is -2.11. The van der Waals surface area contributed by atoms with Crippen molar-refractivity contribution in [2.75, 3.05) is 5.32 Å². The van der Waals surface area contributed by atoms with Crippen LogP contribution in [0.15, 0.2) is 42.7 Å². The monoisotopic (exact) mass is 269 g/mol. The Kier molecular flexibility index (Phi) is 4.85. The second-order valence-corrected chi connectivity index (χ2v) is 4.74. The number of carbonyl (C=O) groups excluding carboxylic acids is 1. The zero-order valence-corrected chi connectivity index (χ0v) is 11.8. The molecule has 0 atom stereocenters. The van der Waals surface area contributed by atoms with Gasteiger partial charge in [-0.1, -0.05) is 18.2 Å². The first-order valence-electron chi connectivity index (χ1n) is 6.62. The number of carbonyl (C=O) groups is 1. The average Bonchev–Trinajstić information content (AvgIpc) is 2.42. The summed E-state index contributed by atoms with van der Waals surface area (Å²) in [4.78, 5) is 15.2. The van der Waals surface area contributed by atoms with E-state index in [0.29, 0.717) is 6.54 Å². The SMILES string of the molecule is CC(=O)Nc1ccccc1CNCc1ccncc1C. The first-order valence-corrected chi connectivity index (χ1v) is 6.62. The minimum atomic E-state index is -0.0533. The Morgan fingerprint density at radius 1 is 1.15 bits per heavy atom. The van der Waals surface area contributed by atoms with Gasteiger partial charge in [-0.15, -0.1) is 0 Å². The van der Waals surface area contributed by atoms with Gasteiger partial charge in [0.05, 0.1) is 0 Å². The van der Waals surface area contributed by atoms with Gasteiger partial charge in [0.1, 0.15) is 0 Å². The quantitative estimate of drug-likeness (QED) is 0.877. The summed E-state index contributed by atoms with van der Waals surface area (Å²) in [6.45, 7) is 5.06. The molecule has 0 unspecified atom stereocenters. The molecule has 0 saturated carbocycles. The maximum absolute atomic E-state index is 11.2.